The Hall–Kier alpha value is -0.730. The van der Waals surface area contributed by atoms with Crippen LogP contribution in [-0.4, -0.2) is 15.4 Å². The van der Waals surface area contributed by atoms with E-state index in [0.29, 0.717) is 5.88 Å². The first-order chi connectivity index (χ1) is 9.79. The largest absolute Gasteiger partial charge is 0.327 e. The average molecular weight is 311 g/mol. The Bertz CT molecular complexity index is 585. The first-order valence-corrected chi connectivity index (χ1v) is 8.40. The van der Waals surface area contributed by atoms with Crippen LogP contribution in [0, 0.1) is 5.92 Å². The lowest BCUT2D eigenvalue weighted by atomic mass is 10.0. The van der Waals surface area contributed by atoms with Crippen LogP contribution in [0.5, 0.6) is 0 Å². The zero-order valence-electron chi connectivity index (χ0n) is 11.6. The van der Waals surface area contributed by atoms with Crippen molar-refractivity contribution >= 4 is 34.2 Å². The minimum Gasteiger partial charge on any atom is -0.327 e. The van der Waals surface area contributed by atoms with Gasteiger partial charge >= 0.3 is 0 Å². The Morgan fingerprint density at radius 2 is 2.05 bits per heavy atom. The van der Waals surface area contributed by atoms with E-state index in [9.17, 15) is 0 Å². The van der Waals surface area contributed by atoms with Crippen molar-refractivity contribution in [3.05, 3.63) is 29.0 Å². The molecule has 0 amide bonds. The predicted molar refractivity (Wildman–Crippen MR) is 85.7 cm³/mol. The second-order valence-corrected chi connectivity index (χ2v) is 6.45. The molecule has 0 atom stereocenters. The van der Waals surface area contributed by atoms with Crippen LogP contribution in [0.25, 0.3) is 11.0 Å². The molecule has 0 saturated heterocycles. The van der Waals surface area contributed by atoms with Crippen LogP contribution < -0.4 is 0 Å². The van der Waals surface area contributed by atoms with Crippen LogP contribution in [0.15, 0.2) is 18.2 Å². The first-order valence-electron chi connectivity index (χ1n) is 7.49. The highest BCUT2D eigenvalue weighted by molar-refractivity contribution is 6.35. The van der Waals surface area contributed by atoms with Crippen molar-refractivity contribution < 1.29 is 0 Å². The van der Waals surface area contributed by atoms with Gasteiger partial charge in [0.25, 0.3) is 0 Å². The highest BCUT2D eigenvalue weighted by atomic mass is 35.5. The first kappa shape index (κ1) is 14.2. The van der Waals surface area contributed by atoms with Crippen LogP contribution in [-0.2, 0) is 13.0 Å². The molecule has 0 N–H and O–H groups in total. The molecule has 1 fully saturated rings. The maximum Gasteiger partial charge on any atom is 0.111 e. The van der Waals surface area contributed by atoms with Crippen molar-refractivity contribution in [2.45, 2.75) is 45.1 Å². The van der Waals surface area contributed by atoms with E-state index >= 15 is 0 Å². The lowest BCUT2D eigenvalue weighted by Gasteiger charge is -2.13. The number of alkyl halides is 1. The Balaban J connectivity index is 1.90. The van der Waals surface area contributed by atoms with Gasteiger partial charge in [0, 0.05) is 18.8 Å². The minimum absolute atomic E-state index is 0.602. The van der Waals surface area contributed by atoms with Gasteiger partial charge in [-0.05, 0) is 24.5 Å². The molecule has 2 aromatic rings. The molecular weight excluding hydrogens is 291 g/mol. The van der Waals surface area contributed by atoms with Gasteiger partial charge in [0.2, 0.25) is 0 Å². The molecule has 0 bridgehead atoms. The number of halogens is 2. The fraction of sp³-hybridized carbons (Fsp3) is 0.562. The molecule has 3 rings (SSSR count). The predicted octanol–water partition coefficient (Wildman–Crippen LogP) is 5.05. The summed E-state index contributed by atoms with van der Waals surface area (Å²) in [6.07, 6.45) is 7.58. The Morgan fingerprint density at radius 1 is 1.25 bits per heavy atom. The van der Waals surface area contributed by atoms with E-state index in [4.69, 9.17) is 28.2 Å². The number of hydrogen-bond acceptors (Lipinski definition) is 1. The zero-order valence-corrected chi connectivity index (χ0v) is 13.1. The van der Waals surface area contributed by atoms with E-state index < -0.39 is 0 Å². The third-order valence-corrected chi connectivity index (χ3v) is 4.84. The molecule has 0 radical (unpaired) electrons. The lowest BCUT2D eigenvalue weighted by Crippen LogP contribution is -2.08. The molecule has 0 unspecified atom stereocenters. The van der Waals surface area contributed by atoms with Crippen molar-refractivity contribution in [2.75, 3.05) is 5.88 Å². The molecule has 0 spiro atoms. The summed E-state index contributed by atoms with van der Waals surface area (Å²) in [6, 6.07) is 5.94. The summed E-state index contributed by atoms with van der Waals surface area (Å²) in [5.74, 6) is 2.55. The van der Waals surface area contributed by atoms with E-state index in [1.165, 1.54) is 32.1 Å². The Labute approximate surface area is 130 Å². The number of benzene rings is 1. The van der Waals surface area contributed by atoms with Gasteiger partial charge in [0.1, 0.15) is 5.82 Å². The molecule has 1 aromatic carbocycles. The van der Waals surface area contributed by atoms with Crippen LogP contribution in [0.2, 0.25) is 5.02 Å². The number of imidazole rings is 1. The SMILES string of the molecule is ClCCc1nc2cccc(Cl)c2n1CCC1CCCC1. The summed E-state index contributed by atoms with van der Waals surface area (Å²) < 4.78 is 2.29. The molecule has 4 heteroatoms. The lowest BCUT2D eigenvalue weighted by molar-refractivity contribution is 0.457. The van der Waals surface area contributed by atoms with Crippen LogP contribution in [0.4, 0.5) is 0 Å². The molecule has 1 heterocycles. The molecule has 1 aromatic heterocycles. The van der Waals surface area contributed by atoms with E-state index in [1.807, 2.05) is 18.2 Å². The molecule has 1 saturated carbocycles. The summed E-state index contributed by atoms with van der Waals surface area (Å²) in [4.78, 5) is 4.70. The van der Waals surface area contributed by atoms with Gasteiger partial charge in [0.15, 0.2) is 0 Å². The monoisotopic (exact) mass is 310 g/mol. The van der Waals surface area contributed by atoms with Crippen molar-refractivity contribution in [3.8, 4) is 0 Å². The Morgan fingerprint density at radius 3 is 2.80 bits per heavy atom. The molecule has 20 heavy (non-hydrogen) atoms. The fourth-order valence-electron chi connectivity index (χ4n) is 3.32. The number of fused-ring (bicyclic) bond motifs is 1. The maximum atomic E-state index is 6.38. The smallest absolute Gasteiger partial charge is 0.111 e. The van der Waals surface area contributed by atoms with E-state index in [1.54, 1.807) is 0 Å². The normalized spacial score (nSPS) is 16.3. The number of nitrogens with zero attached hydrogens (tertiary/aromatic N) is 2. The summed E-state index contributed by atoms with van der Waals surface area (Å²) in [5, 5.41) is 0.794. The number of aryl methyl sites for hydroxylation is 2. The fourth-order valence-corrected chi connectivity index (χ4v) is 3.76. The standard InChI is InChI=1S/C16H20Cl2N2/c17-10-8-15-19-14-7-3-6-13(18)16(14)20(15)11-9-12-4-1-2-5-12/h3,6-7,12H,1-2,4-5,8-11H2. The zero-order chi connectivity index (χ0) is 13.9. The van der Waals surface area contributed by atoms with E-state index in [2.05, 4.69) is 4.57 Å². The molecule has 0 aliphatic heterocycles. The maximum absolute atomic E-state index is 6.38. The topological polar surface area (TPSA) is 17.8 Å². The van der Waals surface area contributed by atoms with Crippen molar-refractivity contribution in [3.63, 3.8) is 0 Å². The molecule has 2 nitrogen and oxygen atoms in total. The highest BCUT2D eigenvalue weighted by Gasteiger charge is 2.17. The van der Waals surface area contributed by atoms with Crippen LogP contribution in [0.3, 0.4) is 0 Å². The molecule has 108 valence electrons. The van der Waals surface area contributed by atoms with Crippen molar-refractivity contribution in [2.24, 2.45) is 5.92 Å². The molecular formula is C16H20Cl2N2. The molecule has 1 aliphatic carbocycles. The summed E-state index contributed by atoms with van der Waals surface area (Å²) in [7, 11) is 0. The number of aromatic nitrogens is 2. The third kappa shape index (κ3) is 2.82. The highest BCUT2D eigenvalue weighted by Crippen LogP contribution is 2.30. The van der Waals surface area contributed by atoms with E-state index in [-0.39, 0.29) is 0 Å². The van der Waals surface area contributed by atoms with Gasteiger partial charge in [-0.2, -0.15) is 0 Å². The van der Waals surface area contributed by atoms with Gasteiger partial charge in [-0.25, -0.2) is 4.98 Å². The van der Waals surface area contributed by atoms with Crippen molar-refractivity contribution in [1.82, 2.24) is 9.55 Å². The second-order valence-electron chi connectivity index (χ2n) is 5.67. The Kier molecular flexibility index (Phi) is 4.52. The quantitative estimate of drug-likeness (QED) is 0.706. The van der Waals surface area contributed by atoms with Gasteiger partial charge in [-0.15, -0.1) is 11.6 Å². The third-order valence-electron chi connectivity index (χ3n) is 4.35. The van der Waals surface area contributed by atoms with Gasteiger partial charge in [0.05, 0.1) is 16.1 Å². The van der Waals surface area contributed by atoms with Crippen LogP contribution >= 0.6 is 23.2 Å². The van der Waals surface area contributed by atoms with Crippen molar-refractivity contribution in [1.29, 1.82) is 0 Å². The van der Waals surface area contributed by atoms with Crippen LogP contribution in [0.1, 0.15) is 37.9 Å². The van der Waals surface area contributed by atoms with E-state index in [0.717, 1.165) is 40.8 Å². The summed E-state index contributed by atoms with van der Waals surface area (Å²) in [5.41, 5.74) is 2.07. The summed E-state index contributed by atoms with van der Waals surface area (Å²) in [6.45, 7) is 1.01. The number of rotatable bonds is 5. The average Bonchev–Trinajstić information content (AvgIpc) is 3.05. The minimum atomic E-state index is 0.602. The van der Waals surface area contributed by atoms with Gasteiger partial charge in [-0.3, -0.25) is 0 Å². The molecule has 1 aliphatic rings. The summed E-state index contributed by atoms with van der Waals surface area (Å²) >= 11 is 12.3. The van der Waals surface area contributed by atoms with Gasteiger partial charge in [-0.1, -0.05) is 43.4 Å². The number of para-hydroxylation sites is 1. The number of hydrogen-bond donors (Lipinski definition) is 0. The van der Waals surface area contributed by atoms with Gasteiger partial charge < -0.3 is 4.57 Å². The second kappa shape index (κ2) is 6.36.